The molecule has 5 nitrogen and oxygen atoms in total. The molecule has 11 aromatic rings. The Labute approximate surface area is 323 Å². The van der Waals surface area contributed by atoms with E-state index in [1.807, 2.05) is 60.7 Å². The molecule has 11 rings (SSSR count). The van der Waals surface area contributed by atoms with Crippen molar-refractivity contribution >= 4 is 43.6 Å². The second-order valence-electron chi connectivity index (χ2n) is 14.0. The second kappa shape index (κ2) is 13.0. The lowest BCUT2D eigenvalue weighted by molar-refractivity contribution is 1.07. The maximum Gasteiger partial charge on any atom is 0.164 e. The van der Waals surface area contributed by atoms with Gasteiger partial charge < -0.3 is 9.13 Å². The van der Waals surface area contributed by atoms with E-state index in [2.05, 4.69) is 149 Å². The van der Waals surface area contributed by atoms with Crippen LogP contribution in [0.4, 0.5) is 0 Å². The molecule has 56 heavy (non-hydrogen) atoms. The van der Waals surface area contributed by atoms with E-state index in [9.17, 15) is 0 Å². The Morgan fingerprint density at radius 3 is 1.27 bits per heavy atom. The lowest BCUT2D eigenvalue weighted by atomic mass is 10.0. The minimum atomic E-state index is 0.613. The van der Waals surface area contributed by atoms with Gasteiger partial charge in [0, 0.05) is 43.8 Å². The Morgan fingerprint density at radius 2 is 0.714 bits per heavy atom. The van der Waals surface area contributed by atoms with Gasteiger partial charge in [0.15, 0.2) is 17.5 Å². The van der Waals surface area contributed by atoms with Crippen LogP contribution in [0.5, 0.6) is 0 Å². The first-order valence-electron chi connectivity index (χ1n) is 18.9. The summed E-state index contributed by atoms with van der Waals surface area (Å²) < 4.78 is 4.88. The summed E-state index contributed by atoms with van der Waals surface area (Å²) in [7, 11) is 0. The number of hydrogen-bond acceptors (Lipinski definition) is 3. The van der Waals surface area contributed by atoms with Gasteiger partial charge in [0.1, 0.15) is 0 Å². The summed E-state index contributed by atoms with van der Waals surface area (Å²) >= 11 is 0. The molecule has 8 aromatic carbocycles. The molecule has 0 amide bonds. The smallest absolute Gasteiger partial charge is 0.164 e. The first kappa shape index (κ1) is 31.9. The molecule has 0 atom stereocenters. The Morgan fingerprint density at radius 1 is 0.286 bits per heavy atom. The van der Waals surface area contributed by atoms with E-state index in [4.69, 9.17) is 15.0 Å². The quantitative estimate of drug-likeness (QED) is 0.172. The predicted molar refractivity (Wildman–Crippen MR) is 230 cm³/mol. The third-order valence-corrected chi connectivity index (χ3v) is 10.8. The van der Waals surface area contributed by atoms with Crippen LogP contribution in [0.25, 0.3) is 100 Å². The van der Waals surface area contributed by atoms with Crippen molar-refractivity contribution in [1.29, 1.82) is 0 Å². The van der Waals surface area contributed by atoms with Crippen molar-refractivity contribution in [3.05, 3.63) is 200 Å². The first-order valence-corrected chi connectivity index (χ1v) is 18.9. The zero-order valence-electron chi connectivity index (χ0n) is 30.3. The molecule has 3 heterocycles. The molecule has 0 unspecified atom stereocenters. The molecule has 0 N–H and O–H groups in total. The first-order chi connectivity index (χ1) is 27.8. The van der Waals surface area contributed by atoms with E-state index in [0.717, 1.165) is 50.2 Å². The van der Waals surface area contributed by atoms with Gasteiger partial charge in [-0.05, 0) is 35.9 Å². The Bertz CT molecular complexity index is 3120. The number of benzene rings is 8. The molecule has 0 aliphatic heterocycles. The van der Waals surface area contributed by atoms with Crippen molar-refractivity contribution in [1.82, 2.24) is 24.1 Å². The van der Waals surface area contributed by atoms with Gasteiger partial charge in [-0.3, -0.25) is 0 Å². The van der Waals surface area contributed by atoms with Gasteiger partial charge in [-0.1, -0.05) is 170 Å². The maximum atomic E-state index is 5.14. The summed E-state index contributed by atoms with van der Waals surface area (Å²) in [4.78, 5) is 15.3. The fourth-order valence-electron chi connectivity index (χ4n) is 8.27. The molecule has 262 valence electrons. The number of aromatic nitrogens is 5. The van der Waals surface area contributed by atoms with Gasteiger partial charge in [0.25, 0.3) is 0 Å². The van der Waals surface area contributed by atoms with Crippen LogP contribution in [-0.4, -0.2) is 24.1 Å². The number of nitrogens with zero attached hydrogens (tertiary/aromatic N) is 5. The van der Waals surface area contributed by atoms with E-state index >= 15 is 0 Å². The minimum absolute atomic E-state index is 0.613. The molecule has 0 saturated heterocycles. The molecule has 5 heteroatoms. The van der Waals surface area contributed by atoms with Crippen LogP contribution in [0.3, 0.4) is 0 Å². The van der Waals surface area contributed by atoms with Gasteiger partial charge in [-0.2, -0.15) is 0 Å². The summed E-state index contributed by atoms with van der Waals surface area (Å²) in [6, 6.07) is 70.4. The summed E-state index contributed by atoms with van der Waals surface area (Å²) in [5.41, 5.74) is 11.7. The highest BCUT2D eigenvalue weighted by Gasteiger charge is 2.22. The molecular weight excluding hydrogens is 683 g/mol. The summed E-state index contributed by atoms with van der Waals surface area (Å²) in [6.45, 7) is 0. The Kier molecular flexibility index (Phi) is 7.42. The lowest BCUT2D eigenvalue weighted by Gasteiger charge is -2.18. The SMILES string of the molecule is c1ccc(-c2nc(-c3ccccc3)nc(-c3ccc(-c4ccccc4)c(-n4c5ccccc5c5cccc(-n6c7ccccc7c7ccccc76)c54)c3)n2)cc1. The van der Waals surface area contributed by atoms with Crippen LogP contribution in [-0.2, 0) is 0 Å². The van der Waals surface area contributed by atoms with Crippen LogP contribution in [0, 0.1) is 0 Å². The fraction of sp³-hybridized carbons (Fsp3) is 0. The van der Waals surface area contributed by atoms with Crippen molar-refractivity contribution in [3.8, 4) is 56.7 Å². The van der Waals surface area contributed by atoms with E-state index in [1.165, 1.54) is 32.6 Å². The maximum absolute atomic E-state index is 5.14. The van der Waals surface area contributed by atoms with E-state index in [0.29, 0.717) is 17.5 Å². The monoisotopic (exact) mass is 715 g/mol. The standard InChI is InChI=1S/C51H33N5/c1-4-17-34(18-5-1)38-32-31-37(51-53-49(35-19-6-2-7-20-35)52-50(54-51)36-21-8-3-9-22-36)33-47(38)56-45-29-15-12-25-41(45)42-26-16-30-46(48(42)56)55-43-27-13-10-23-39(43)40-24-11-14-28-44(40)55/h1-33H. The number of para-hydroxylation sites is 4. The zero-order valence-corrected chi connectivity index (χ0v) is 30.3. The highest BCUT2D eigenvalue weighted by atomic mass is 15.1. The van der Waals surface area contributed by atoms with Crippen molar-refractivity contribution < 1.29 is 0 Å². The molecular formula is C51H33N5. The Balaban J connectivity index is 1.24. The second-order valence-corrected chi connectivity index (χ2v) is 14.0. The Hall–Kier alpha value is -7.63. The molecule has 0 bridgehead atoms. The highest BCUT2D eigenvalue weighted by molar-refractivity contribution is 6.15. The van der Waals surface area contributed by atoms with E-state index < -0.39 is 0 Å². The number of fused-ring (bicyclic) bond motifs is 6. The van der Waals surface area contributed by atoms with Gasteiger partial charge >= 0.3 is 0 Å². The average molecular weight is 716 g/mol. The molecule has 0 aliphatic carbocycles. The van der Waals surface area contributed by atoms with Crippen LogP contribution in [0.1, 0.15) is 0 Å². The number of rotatable bonds is 6. The predicted octanol–water partition coefficient (Wildman–Crippen LogP) is 12.7. The molecule has 0 spiro atoms. The highest BCUT2D eigenvalue weighted by Crippen LogP contribution is 2.42. The van der Waals surface area contributed by atoms with Crippen LogP contribution in [0.15, 0.2) is 200 Å². The topological polar surface area (TPSA) is 48.5 Å². The molecule has 0 radical (unpaired) electrons. The van der Waals surface area contributed by atoms with Crippen molar-refractivity contribution in [2.24, 2.45) is 0 Å². The van der Waals surface area contributed by atoms with Crippen molar-refractivity contribution in [2.75, 3.05) is 0 Å². The van der Waals surface area contributed by atoms with Crippen LogP contribution < -0.4 is 0 Å². The van der Waals surface area contributed by atoms with Crippen molar-refractivity contribution in [2.45, 2.75) is 0 Å². The molecule has 0 saturated carbocycles. The minimum Gasteiger partial charge on any atom is -0.307 e. The zero-order chi connectivity index (χ0) is 37.0. The van der Waals surface area contributed by atoms with E-state index in [-0.39, 0.29) is 0 Å². The normalized spacial score (nSPS) is 11.6. The summed E-state index contributed by atoms with van der Waals surface area (Å²) in [5, 5.41) is 4.83. The largest absolute Gasteiger partial charge is 0.307 e. The van der Waals surface area contributed by atoms with Gasteiger partial charge in [-0.15, -0.1) is 0 Å². The van der Waals surface area contributed by atoms with Crippen molar-refractivity contribution in [3.63, 3.8) is 0 Å². The third-order valence-electron chi connectivity index (χ3n) is 10.8. The van der Waals surface area contributed by atoms with Gasteiger partial charge in [0.05, 0.1) is 33.4 Å². The fourth-order valence-corrected chi connectivity index (χ4v) is 8.27. The average Bonchev–Trinajstić information content (AvgIpc) is 3.80. The molecule has 0 aliphatic rings. The summed E-state index contributed by atoms with van der Waals surface area (Å²) in [5.74, 6) is 1.88. The lowest BCUT2D eigenvalue weighted by Crippen LogP contribution is -2.04. The molecule has 0 fully saturated rings. The van der Waals surface area contributed by atoms with E-state index in [1.54, 1.807) is 0 Å². The number of hydrogen-bond donors (Lipinski definition) is 0. The third kappa shape index (κ3) is 5.13. The van der Waals surface area contributed by atoms with Gasteiger partial charge in [-0.25, -0.2) is 15.0 Å². The van der Waals surface area contributed by atoms with Crippen LogP contribution in [0.2, 0.25) is 0 Å². The van der Waals surface area contributed by atoms with Crippen LogP contribution >= 0.6 is 0 Å². The summed E-state index contributed by atoms with van der Waals surface area (Å²) in [6.07, 6.45) is 0. The molecule has 3 aromatic heterocycles. The van der Waals surface area contributed by atoms with Gasteiger partial charge in [0.2, 0.25) is 0 Å².